The SMILES string of the molecule is CN(C)C1CCN(c2cc(CCl)cc(C(C)(C)C)n2)CC1. The van der Waals surface area contributed by atoms with Gasteiger partial charge in [0.25, 0.3) is 0 Å². The molecule has 118 valence electrons. The Morgan fingerprint density at radius 3 is 2.33 bits per heavy atom. The quantitative estimate of drug-likeness (QED) is 0.795. The number of rotatable bonds is 3. The van der Waals surface area contributed by atoms with Gasteiger partial charge in [-0.1, -0.05) is 20.8 Å². The molecule has 1 aromatic heterocycles. The predicted molar refractivity (Wildman–Crippen MR) is 91.4 cm³/mol. The Balaban J connectivity index is 2.20. The molecule has 0 saturated carbocycles. The summed E-state index contributed by atoms with van der Waals surface area (Å²) >= 11 is 6.07. The molecule has 2 rings (SSSR count). The summed E-state index contributed by atoms with van der Waals surface area (Å²) in [7, 11) is 4.34. The number of nitrogens with zero attached hydrogens (tertiary/aromatic N) is 3. The second-order valence-corrected chi connectivity index (χ2v) is 7.55. The van der Waals surface area contributed by atoms with E-state index in [0.717, 1.165) is 24.6 Å². The molecule has 1 aromatic rings. The van der Waals surface area contributed by atoms with Gasteiger partial charge in [-0.05, 0) is 44.6 Å². The van der Waals surface area contributed by atoms with Crippen LogP contribution < -0.4 is 4.90 Å². The maximum absolute atomic E-state index is 6.07. The maximum Gasteiger partial charge on any atom is 0.129 e. The molecule has 1 aliphatic rings. The van der Waals surface area contributed by atoms with Gasteiger partial charge in [-0.3, -0.25) is 0 Å². The maximum atomic E-state index is 6.07. The van der Waals surface area contributed by atoms with E-state index in [2.05, 4.69) is 56.8 Å². The number of anilines is 1. The average molecular weight is 310 g/mol. The first-order valence-electron chi connectivity index (χ1n) is 7.80. The molecule has 1 aliphatic heterocycles. The molecule has 0 spiro atoms. The molecule has 0 amide bonds. The van der Waals surface area contributed by atoms with Gasteiger partial charge in [-0.2, -0.15) is 0 Å². The first kappa shape index (κ1) is 16.6. The molecule has 0 aliphatic carbocycles. The molecule has 4 heteroatoms. The average Bonchev–Trinajstić information content (AvgIpc) is 2.46. The van der Waals surface area contributed by atoms with Crippen LogP contribution in [0.3, 0.4) is 0 Å². The normalized spacial score (nSPS) is 17.6. The van der Waals surface area contributed by atoms with E-state index in [9.17, 15) is 0 Å². The van der Waals surface area contributed by atoms with Crippen LogP contribution in [0.25, 0.3) is 0 Å². The highest BCUT2D eigenvalue weighted by Crippen LogP contribution is 2.27. The number of hydrogen-bond acceptors (Lipinski definition) is 3. The van der Waals surface area contributed by atoms with E-state index in [4.69, 9.17) is 16.6 Å². The molecule has 3 nitrogen and oxygen atoms in total. The van der Waals surface area contributed by atoms with Crippen LogP contribution in [0.1, 0.15) is 44.9 Å². The Kier molecular flexibility index (Phi) is 5.15. The molecule has 0 radical (unpaired) electrons. The van der Waals surface area contributed by atoms with Gasteiger partial charge in [0.2, 0.25) is 0 Å². The minimum atomic E-state index is 0.0543. The number of halogens is 1. The second-order valence-electron chi connectivity index (χ2n) is 7.28. The van der Waals surface area contributed by atoms with Gasteiger partial charge in [-0.15, -0.1) is 11.6 Å². The van der Waals surface area contributed by atoms with Crippen molar-refractivity contribution in [2.45, 2.75) is 50.9 Å². The zero-order valence-corrected chi connectivity index (χ0v) is 14.7. The Morgan fingerprint density at radius 1 is 1.24 bits per heavy atom. The number of piperidine rings is 1. The zero-order valence-electron chi connectivity index (χ0n) is 14.0. The van der Waals surface area contributed by atoms with E-state index in [1.165, 1.54) is 18.4 Å². The standard InChI is InChI=1S/C17H28ClN3/c1-17(2,3)15-10-13(12-18)11-16(19-15)21-8-6-14(7-9-21)20(4)5/h10-11,14H,6-9,12H2,1-5H3. The van der Waals surface area contributed by atoms with Crippen molar-refractivity contribution in [1.29, 1.82) is 0 Å². The molecule has 0 N–H and O–H groups in total. The predicted octanol–water partition coefficient (Wildman–Crippen LogP) is 3.65. The highest BCUT2D eigenvalue weighted by atomic mass is 35.5. The fourth-order valence-electron chi connectivity index (χ4n) is 2.81. The van der Waals surface area contributed by atoms with Crippen molar-refractivity contribution in [2.75, 3.05) is 32.1 Å². The lowest BCUT2D eigenvalue weighted by Crippen LogP contribution is -2.42. The third-order valence-electron chi connectivity index (χ3n) is 4.31. The highest BCUT2D eigenvalue weighted by Gasteiger charge is 2.23. The monoisotopic (exact) mass is 309 g/mol. The van der Waals surface area contributed by atoms with Gasteiger partial charge >= 0.3 is 0 Å². The summed E-state index contributed by atoms with van der Waals surface area (Å²) in [6, 6.07) is 4.99. The summed E-state index contributed by atoms with van der Waals surface area (Å²) in [5.74, 6) is 1.64. The lowest BCUT2D eigenvalue weighted by Gasteiger charge is -2.36. The summed E-state index contributed by atoms with van der Waals surface area (Å²) < 4.78 is 0. The van der Waals surface area contributed by atoms with Crippen LogP contribution in [0.2, 0.25) is 0 Å². The summed E-state index contributed by atoms with van der Waals surface area (Å²) in [5.41, 5.74) is 2.35. The third kappa shape index (κ3) is 4.10. The molecular weight excluding hydrogens is 282 g/mol. The van der Waals surface area contributed by atoms with E-state index in [-0.39, 0.29) is 5.41 Å². The largest absolute Gasteiger partial charge is 0.356 e. The zero-order chi connectivity index (χ0) is 15.6. The molecule has 21 heavy (non-hydrogen) atoms. The van der Waals surface area contributed by atoms with Gasteiger partial charge < -0.3 is 9.80 Å². The van der Waals surface area contributed by atoms with Crippen molar-refractivity contribution in [3.63, 3.8) is 0 Å². The number of pyridine rings is 1. The van der Waals surface area contributed by atoms with Crippen molar-refractivity contribution in [1.82, 2.24) is 9.88 Å². The van der Waals surface area contributed by atoms with Gasteiger partial charge in [-0.25, -0.2) is 4.98 Å². The highest BCUT2D eigenvalue weighted by molar-refractivity contribution is 6.17. The topological polar surface area (TPSA) is 19.4 Å². The molecular formula is C17H28ClN3. The van der Waals surface area contributed by atoms with Crippen LogP contribution in [-0.2, 0) is 11.3 Å². The van der Waals surface area contributed by atoms with Crippen LogP contribution in [0.4, 0.5) is 5.82 Å². The van der Waals surface area contributed by atoms with Crippen LogP contribution in [0.5, 0.6) is 0 Å². The van der Waals surface area contributed by atoms with Crippen LogP contribution in [0, 0.1) is 0 Å². The summed E-state index contributed by atoms with van der Waals surface area (Å²) in [6.45, 7) is 8.76. The second kappa shape index (κ2) is 6.53. The Bertz CT molecular complexity index is 471. The Labute approximate surface area is 134 Å². The van der Waals surface area contributed by atoms with Gasteiger partial charge in [0.15, 0.2) is 0 Å². The van der Waals surface area contributed by atoms with Crippen LogP contribution in [-0.4, -0.2) is 43.1 Å². The van der Waals surface area contributed by atoms with E-state index < -0.39 is 0 Å². The van der Waals surface area contributed by atoms with Gasteiger partial charge in [0.05, 0.1) is 0 Å². The first-order chi connectivity index (χ1) is 9.81. The third-order valence-corrected chi connectivity index (χ3v) is 4.62. The smallest absolute Gasteiger partial charge is 0.129 e. The summed E-state index contributed by atoms with van der Waals surface area (Å²) in [4.78, 5) is 9.64. The van der Waals surface area contributed by atoms with Crippen molar-refractivity contribution >= 4 is 17.4 Å². The lowest BCUT2D eigenvalue weighted by molar-refractivity contribution is 0.249. The molecule has 2 heterocycles. The molecule has 0 bridgehead atoms. The minimum absolute atomic E-state index is 0.0543. The van der Waals surface area contributed by atoms with Crippen molar-refractivity contribution in [2.24, 2.45) is 0 Å². The summed E-state index contributed by atoms with van der Waals surface area (Å²) in [6.07, 6.45) is 2.40. The van der Waals surface area contributed by atoms with Crippen LogP contribution >= 0.6 is 11.6 Å². The van der Waals surface area contributed by atoms with E-state index in [0.29, 0.717) is 11.9 Å². The molecule has 0 aromatic carbocycles. The first-order valence-corrected chi connectivity index (χ1v) is 8.33. The lowest BCUT2D eigenvalue weighted by atomic mass is 9.91. The van der Waals surface area contributed by atoms with Crippen molar-refractivity contribution in [3.8, 4) is 0 Å². The Morgan fingerprint density at radius 2 is 1.86 bits per heavy atom. The van der Waals surface area contributed by atoms with Gasteiger partial charge in [0.1, 0.15) is 5.82 Å². The number of hydrogen-bond donors (Lipinski definition) is 0. The Hall–Kier alpha value is -0.800. The van der Waals surface area contributed by atoms with E-state index >= 15 is 0 Å². The molecule has 1 saturated heterocycles. The van der Waals surface area contributed by atoms with E-state index in [1.807, 2.05) is 0 Å². The number of aromatic nitrogens is 1. The van der Waals surface area contributed by atoms with E-state index in [1.54, 1.807) is 0 Å². The summed E-state index contributed by atoms with van der Waals surface area (Å²) in [5, 5.41) is 0. The molecule has 0 unspecified atom stereocenters. The molecule has 1 fully saturated rings. The fourth-order valence-corrected chi connectivity index (χ4v) is 2.96. The fraction of sp³-hybridized carbons (Fsp3) is 0.706. The minimum Gasteiger partial charge on any atom is -0.356 e. The van der Waals surface area contributed by atoms with Crippen molar-refractivity contribution in [3.05, 3.63) is 23.4 Å². The van der Waals surface area contributed by atoms with Crippen molar-refractivity contribution < 1.29 is 0 Å². The number of alkyl halides is 1. The molecule has 0 atom stereocenters. The van der Waals surface area contributed by atoms with Gasteiger partial charge in [0, 0.05) is 36.1 Å². The van der Waals surface area contributed by atoms with Crippen LogP contribution in [0.15, 0.2) is 12.1 Å².